The van der Waals surface area contributed by atoms with Gasteiger partial charge in [-0.1, -0.05) is 54.6 Å². The van der Waals surface area contributed by atoms with Crippen molar-refractivity contribution in [3.63, 3.8) is 0 Å². The Labute approximate surface area is 207 Å². The first kappa shape index (κ1) is 22.9. The molecule has 4 aromatic rings. The molecule has 1 fully saturated rings. The lowest BCUT2D eigenvalue weighted by Crippen LogP contribution is -2.43. The fourth-order valence-electron chi connectivity index (χ4n) is 3.94. The van der Waals surface area contributed by atoms with Crippen LogP contribution in [0.15, 0.2) is 65.4 Å². The minimum absolute atomic E-state index is 0.103. The number of carbonyl (C=O) groups excluding carboxylic acids is 1. The lowest BCUT2D eigenvalue weighted by atomic mass is 10.1. The van der Waals surface area contributed by atoms with Crippen LogP contribution in [0.5, 0.6) is 0 Å². The van der Waals surface area contributed by atoms with Gasteiger partial charge in [-0.05, 0) is 12.6 Å². The van der Waals surface area contributed by atoms with E-state index in [1.54, 1.807) is 11.3 Å². The van der Waals surface area contributed by atoms with Gasteiger partial charge in [-0.15, -0.1) is 22.7 Å². The summed E-state index contributed by atoms with van der Waals surface area (Å²) in [4.78, 5) is 26.6. The second-order valence-electron chi connectivity index (χ2n) is 8.55. The van der Waals surface area contributed by atoms with Crippen LogP contribution in [0.3, 0.4) is 0 Å². The molecular weight excluding hydrogens is 462 g/mol. The van der Waals surface area contributed by atoms with Crippen LogP contribution < -0.4 is 5.32 Å². The fraction of sp³-hybridized carbons (Fsp3) is 0.269. The molecule has 8 heteroatoms. The molecule has 0 radical (unpaired) electrons. The second-order valence-corrected chi connectivity index (χ2v) is 10.3. The molecule has 1 amide bonds. The van der Waals surface area contributed by atoms with Gasteiger partial charge in [-0.3, -0.25) is 9.69 Å². The van der Waals surface area contributed by atoms with Crippen LogP contribution in [0.4, 0.5) is 5.13 Å². The normalized spacial score (nSPS) is 14.9. The van der Waals surface area contributed by atoms with Gasteiger partial charge < -0.3 is 10.2 Å². The number of nitrogens with one attached hydrogen (secondary N) is 1. The molecule has 1 aliphatic rings. The highest BCUT2D eigenvalue weighted by molar-refractivity contribution is 7.14. The molecule has 0 saturated carbocycles. The molecule has 2 aromatic heterocycles. The first-order valence-corrected chi connectivity index (χ1v) is 13.1. The van der Waals surface area contributed by atoms with E-state index in [0.29, 0.717) is 5.13 Å². The maximum absolute atomic E-state index is 12.5. The second kappa shape index (κ2) is 10.6. The molecule has 3 heterocycles. The van der Waals surface area contributed by atoms with Gasteiger partial charge in [-0.2, -0.15) is 0 Å². The summed E-state index contributed by atoms with van der Waals surface area (Å²) in [6.45, 7) is 5.48. The lowest BCUT2D eigenvalue weighted by molar-refractivity contribution is -0.115. The van der Waals surface area contributed by atoms with Crippen molar-refractivity contribution in [3.8, 4) is 21.8 Å². The third-order valence-corrected chi connectivity index (χ3v) is 7.61. The summed E-state index contributed by atoms with van der Waals surface area (Å²) in [5, 5.41) is 8.37. The zero-order valence-electron chi connectivity index (χ0n) is 19.1. The van der Waals surface area contributed by atoms with E-state index in [4.69, 9.17) is 4.98 Å². The Hall–Kier alpha value is -2.91. The van der Waals surface area contributed by atoms with Gasteiger partial charge in [0.25, 0.3) is 0 Å². The number of aromatic nitrogens is 2. The maximum Gasteiger partial charge on any atom is 0.232 e. The SMILES string of the molecule is CN1CCN(Cc2ccc(-c3nc(CC(=O)Nc4nc(-c5ccccc5)cs4)cs3)cc2)CC1. The largest absolute Gasteiger partial charge is 0.304 e. The van der Waals surface area contributed by atoms with Crippen molar-refractivity contribution in [2.45, 2.75) is 13.0 Å². The highest BCUT2D eigenvalue weighted by atomic mass is 32.1. The summed E-state index contributed by atoms with van der Waals surface area (Å²) < 4.78 is 0. The number of rotatable bonds is 7. The minimum Gasteiger partial charge on any atom is -0.304 e. The first-order chi connectivity index (χ1) is 16.6. The number of thiazole rings is 2. The summed E-state index contributed by atoms with van der Waals surface area (Å²) in [5.41, 5.74) is 5.10. The molecular formula is C26H27N5OS2. The van der Waals surface area contributed by atoms with Gasteiger partial charge in [-0.25, -0.2) is 9.97 Å². The Balaban J connectivity index is 1.16. The van der Waals surface area contributed by atoms with Crippen molar-refractivity contribution in [2.24, 2.45) is 0 Å². The van der Waals surface area contributed by atoms with Crippen molar-refractivity contribution >= 4 is 33.7 Å². The van der Waals surface area contributed by atoms with E-state index in [0.717, 1.165) is 60.2 Å². The fourth-order valence-corrected chi connectivity index (χ4v) is 5.50. The highest BCUT2D eigenvalue weighted by Crippen LogP contribution is 2.26. The number of amides is 1. The van der Waals surface area contributed by atoms with E-state index in [1.807, 2.05) is 41.1 Å². The van der Waals surface area contributed by atoms with Crippen molar-refractivity contribution in [1.82, 2.24) is 19.8 Å². The number of anilines is 1. The first-order valence-electron chi connectivity index (χ1n) is 11.4. The molecule has 1 aliphatic heterocycles. The molecule has 174 valence electrons. The van der Waals surface area contributed by atoms with E-state index in [-0.39, 0.29) is 12.3 Å². The van der Waals surface area contributed by atoms with Crippen LogP contribution in [-0.4, -0.2) is 58.9 Å². The topological polar surface area (TPSA) is 61.4 Å². The summed E-state index contributed by atoms with van der Waals surface area (Å²) in [7, 11) is 2.18. The van der Waals surface area contributed by atoms with Crippen LogP contribution in [0, 0.1) is 0 Å². The van der Waals surface area contributed by atoms with Gasteiger partial charge >= 0.3 is 0 Å². The molecule has 0 unspecified atom stereocenters. The molecule has 0 aliphatic carbocycles. The van der Waals surface area contributed by atoms with E-state index < -0.39 is 0 Å². The average molecular weight is 490 g/mol. The zero-order valence-corrected chi connectivity index (χ0v) is 20.7. The number of nitrogens with zero attached hydrogens (tertiary/aromatic N) is 4. The summed E-state index contributed by atoms with van der Waals surface area (Å²) in [6.07, 6.45) is 0.234. The molecule has 6 nitrogen and oxygen atoms in total. The van der Waals surface area contributed by atoms with Crippen molar-refractivity contribution in [2.75, 3.05) is 38.5 Å². The Morgan fingerprint density at radius 2 is 1.68 bits per heavy atom. The molecule has 0 bridgehead atoms. The Morgan fingerprint density at radius 1 is 0.912 bits per heavy atom. The molecule has 2 aromatic carbocycles. The average Bonchev–Trinajstić information content (AvgIpc) is 3.51. The Morgan fingerprint density at radius 3 is 2.44 bits per heavy atom. The Bertz CT molecular complexity index is 1230. The quantitative estimate of drug-likeness (QED) is 0.402. The van der Waals surface area contributed by atoms with Crippen molar-refractivity contribution in [1.29, 1.82) is 0 Å². The van der Waals surface area contributed by atoms with Crippen LogP contribution >= 0.6 is 22.7 Å². The van der Waals surface area contributed by atoms with E-state index in [9.17, 15) is 4.79 Å². The summed E-state index contributed by atoms with van der Waals surface area (Å²) in [6, 6.07) is 18.6. The highest BCUT2D eigenvalue weighted by Gasteiger charge is 2.15. The van der Waals surface area contributed by atoms with Crippen molar-refractivity contribution < 1.29 is 4.79 Å². The third-order valence-electron chi connectivity index (χ3n) is 5.92. The van der Waals surface area contributed by atoms with Gasteiger partial charge in [0.05, 0.1) is 17.8 Å². The monoisotopic (exact) mass is 489 g/mol. The van der Waals surface area contributed by atoms with Gasteiger partial charge in [0, 0.05) is 54.6 Å². The molecule has 0 atom stereocenters. The zero-order chi connectivity index (χ0) is 23.3. The number of piperazine rings is 1. The predicted molar refractivity (Wildman–Crippen MR) is 140 cm³/mol. The maximum atomic E-state index is 12.5. The van der Waals surface area contributed by atoms with Crippen molar-refractivity contribution in [3.05, 3.63) is 76.6 Å². The van der Waals surface area contributed by atoms with Gasteiger partial charge in [0.1, 0.15) is 5.01 Å². The minimum atomic E-state index is -0.103. The standard InChI is InChI=1S/C26H27N5OS2/c1-30-11-13-31(14-12-30)16-19-7-9-21(10-8-19)25-27-22(17-33-25)15-24(32)29-26-28-23(18-34-26)20-5-3-2-4-6-20/h2-10,17-18H,11-16H2,1H3,(H,28,29,32). The molecule has 1 saturated heterocycles. The molecule has 34 heavy (non-hydrogen) atoms. The number of hydrogen-bond donors (Lipinski definition) is 1. The summed E-state index contributed by atoms with van der Waals surface area (Å²) in [5.74, 6) is -0.103. The predicted octanol–water partition coefficient (Wildman–Crippen LogP) is 4.86. The number of carbonyl (C=O) groups is 1. The lowest BCUT2D eigenvalue weighted by Gasteiger charge is -2.32. The molecule has 5 rings (SSSR count). The van der Waals surface area contributed by atoms with Gasteiger partial charge in [0.15, 0.2) is 5.13 Å². The molecule has 0 spiro atoms. The van der Waals surface area contributed by atoms with Crippen LogP contribution in [0.1, 0.15) is 11.3 Å². The number of hydrogen-bond acceptors (Lipinski definition) is 7. The summed E-state index contributed by atoms with van der Waals surface area (Å²) >= 11 is 3.01. The van der Waals surface area contributed by atoms with Crippen LogP contribution in [0.25, 0.3) is 21.8 Å². The smallest absolute Gasteiger partial charge is 0.232 e. The number of benzene rings is 2. The van der Waals surface area contributed by atoms with Crippen LogP contribution in [0.2, 0.25) is 0 Å². The Kier molecular flexibility index (Phi) is 7.10. The number of likely N-dealkylation sites (N-methyl/N-ethyl adjacent to an activating group) is 1. The van der Waals surface area contributed by atoms with E-state index in [1.165, 1.54) is 16.9 Å². The van der Waals surface area contributed by atoms with E-state index in [2.05, 4.69) is 51.4 Å². The van der Waals surface area contributed by atoms with Gasteiger partial charge in [0.2, 0.25) is 5.91 Å². The molecule has 1 N–H and O–H groups in total. The van der Waals surface area contributed by atoms with Crippen LogP contribution in [-0.2, 0) is 17.8 Å². The third kappa shape index (κ3) is 5.77. The van der Waals surface area contributed by atoms with E-state index >= 15 is 0 Å².